The van der Waals surface area contributed by atoms with Gasteiger partial charge in [-0.2, -0.15) is 10.2 Å². The first-order valence-electron chi connectivity index (χ1n) is 7.51. The number of hydrogen-bond donors (Lipinski definition) is 3. The second-order valence-electron chi connectivity index (χ2n) is 5.30. The van der Waals surface area contributed by atoms with Crippen molar-refractivity contribution in [3.8, 4) is 22.1 Å². The first kappa shape index (κ1) is 18.2. The minimum atomic E-state index is -0.423. The van der Waals surface area contributed by atoms with E-state index in [9.17, 15) is 9.90 Å². The number of methoxy groups -OCH3 is 1. The van der Waals surface area contributed by atoms with Crippen molar-refractivity contribution in [2.75, 3.05) is 7.11 Å². The van der Waals surface area contributed by atoms with Crippen molar-refractivity contribution < 1.29 is 14.6 Å². The summed E-state index contributed by atoms with van der Waals surface area (Å²) in [6.07, 6.45) is 0. The second kappa shape index (κ2) is 7.71. The lowest BCUT2D eigenvalue weighted by molar-refractivity contribution is 0.0950. The van der Waals surface area contributed by atoms with E-state index in [1.54, 1.807) is 25.1 Å². The molecule has 0 saturated heterocycles. The van der Waals surface area contributed by atoms with Gasteiger partial charge in [0.05, 0.1) is 27.2 Å². The van der Waals surface area contributed by atoms with Crippen molar-refractivity contribution in [1.29, 1.82) is 0 Å². The number of phenolic OH excluding ortho intramolecular Hbond substituents is 1. The van der Waals surface area contributed by atoms with Crippen LogP contribution in [0.4, 0.5) is 0 Å². The van der Waals surface area contributed by atoms with E-state index in [1.165, 1.54) is 24.5 Å². The molecule has 0 aliphatic carbocycles. The van der Waals surface area contributed by atoms with Gasteiger partial charge in [-0.3, -0.25) is 9.89 Å². The van der Waals surface area contributed by atoms with Crippen LogP contribution in [-0.4, -0.2) is 34.0 Å². The molecule has 3 aromatic rings. The molecule has 0 radical (unpaired) electrons. The number of aromatic amines is 1. The van der Waals surface area contributed by atoms with Crippen molar-refractivity contribution in [3.63, 3.8) is 0 Å². The zero-order valence-corrected chi connectivity index (χ0v) is 16.3. The third kappa shape index (κ3) is 3.94. The predicted molar refractivity (Wildman–Crippen MR) is 104 cm³/mol. The van der Waals surface area contributed by atoms with Crippen molar-refractivity contribution in [1.82, 2.24) is 15.6 Å². The van der Waals surface area contributed by atoms with Crippen molar-refractivity contribution in [2.45, 2.75) is 6.92 Å². The van der Waals surface area contributed by atoms with Gasteiger partial charge in [0.15, 0.2) is 17.2 Å². The quantitative estimate of drug-likeness (QED) is 0.420. The maximum Gasteiger partial charge on any atom is 0.291 e. The Morgan fingerprint density at radius 2 is 2.15 bits per heavy atom. The third-order valence-electron chi connectivity index (χ3n) is 3.57. The Bertz CT molecular complexity index is 980. The number of aromatic nitrogens is 2. The monoisotopic (exact) mass is 434 g/mol. The molecule has 2 heterocycles. The van der Waals surface area contributed by atoms with Crippen LogP contribution in [0.15, 0.2) is 45.3 Å². The summed E-state index contributed by atoms with van der Waals surface area (Å²) in [4.78, 5) is 13.2. The van der Waals surface area contributed by atoms with E-state index in [1.807, 2.05) is 12.1 Å². The van der Waals surface area contributed by atoms with E-state index < -0.39 is 5.91 Å². The number of amides is 1. The first-order valence-corrected chi connectivity index (χ1v) is 9.12. The number of halogens is 1. The number of nitrogens with one attached hydrogen (secondary N) is 2. The average Bonchev–Trinajstić information content (AvgIpc) is 3.28. The Kier molecular flexibility index (Phi) is 5.38. The zero-order chi connectivity index (χ0) is 18.7. The van der Waals surface area contributed by atoms with E-state index in [0.717, 1.165) is 14.4 Å². The molecular formula is C17H15BrN4O3S. The number of nitrogens with zero attached hydrogens (tertiary/aromatic N) is 2. The fourth-order valence-corrected chi connectivity index (χ4v) is 3.53. The van der Waals surface area contributed by atoms with Crippen LogP contribution in [0.25, 0.3) is 10.6 Å². The van der Waals surface area contributed by atoms with Crippen LogP contribution in [0, 0.1) is 0 Å². The normalized spacial score (nSPS) is 11.4. The summed E-state index contributed by atoms with van der Waals surface area (Å²) in [5, 5.41) is 20.6. The number of ether oxygens (including phenoxy) is 1. The number of hydrazone groups is 1. The molecule has 0 saturated carbocycles. The van der Waals surface area contributed by atoms with E-state index in [2.05, 4.69) is 36.7 Å². The minimum Gasteiger partial charge on any atom is -0.504 e. The Hall–Kier alpha value is -2.65. The maximum absolute atomic E-state index is 12.2. The number of phenols is 1. The molecule has 0 fully saturated rings. The predicted octanol–water partition coefficient (Wildman–Crippen LogP) is 3.77. The molecule has 9 heteroatoms. The third-order valence-corrected chi connectivity index (χ3v) is 5.23. The topological polar surface area (TPSA) is 99.6 Å². The number of hydrogen-bond acceptors (Lipinski definition) is 6. The highest BCUT2D eigenvalue weighted by molar-refractivity contribution is 9.11. The molecule has 0 bridgehead atoms. The number of aromatic hydroxyl groups is 1. The van der Waals surface area contributed by atoms with Crippen LogP contribution < -0.4 is 10.2 Å². The van der Waals surface area contributed by atoms with Gasteiger partial charge in [-0.15, -0.1) is 11.3 Å². The Morgan fingerprint density at radius 3 is 2.85 bits per heavy atom. The smallest absolute Gasteiger partial charge is 0.291 e. The summed E-state index contributed by atoms with van der Waals surface area (Å²) in [6, 6.07) is 10.4. The Morgan fingerprint density at radius 1 is 1.35 bits per heavy atom. The van der Waals surface area contributed by atoms with Crippen LogP contribution in [0.3, 0.4) is 0 Å². The molecule has 1 amide bonds. The molecule has 0 atom stereocenters. The van der Waals surface area contributed by atoms with Crippen molar-refractivity contribution >= 4 is 38.9 Å². The molecule has 0 spiro atoms. The molecule has 7 nitrogen and oxygen atoms in total. The second-order valence-corrected chi connectivity index (χ2v) is 7.76. The van der Waals surface area contributed by atoms with Gasteiger partial charge in [0, 0.05) is 5.56 Å². The first-order chi connectivity index (χ1) is 12.5. The van der Waals surface area contributed by atoms with Gasteiger partial charge >= 0.3 is 0 Å². The van der Waals surface area contributed by atoms with Crippen molar-refractivity contribution in [3.05, 3.63) is 51.4 Å². The van der Waals surface area contributed by atoms with Crippen LogP contribution in [-0.2, 0) is 0 Å². The molecule has 26 heavy (non-hydrogen) atoms. The average molecular weight is 435 g/mol. The summed E-state index contributed by atoms with van der Waals surface area (Å²) < 4.78 is 6.07. The van der Waals surface area contributed by atoms with Gasteiger partial charge in [0.2, 0.25) is 0 Å². The highest BCUT2D eigenvalue weighted by Crippen LogP contribution is 2.30. The minimum absolute atomic E-state index is 0.0392. The van der Waals surface area contributed by atoms with E-state index in [-0.39, 0.29) is 11.4 Å². The lowest BCUT2D eigenvalue weighted by atomic mass is 10.1. The molecule has 0 unspecified atom stereocenters. The summed E-state index contributed by atoms with van der Waals surface area (Å²) in [6.45, 7) is 1.74. The summed E-state index contributed by atoms with van der Waals surface area (Å²) in [7, 11) is 1.47. The Labute approximate surface area is 161 Å². The van der Waals surface area contributed by atoms with Gasteiger partial charge < -0.3 is 9.84 Å². The molecule has 0 aliphatic rings. The van der Waals surface area contributed by atoms with Crippen LogP contribution in [0.5, 0.6) is 11.5 Å². The summed E-state index contributed by atoms with van der Waals surface area (Å²) in [5.41, 5.74) is 4.75. The number of H-pyrrole nitrogens is 1. The standard InChI is InChI=1S/C17H15BrN4O3S/c1-9(10-3-4-13(23)14(7-10)25-2)19-22-17(24)12-8-11(20-21-12)15-5-6-16(18)26-15/h3-8,23H,1-2H3,(H,20,21)(H,22,24)/b19-9+. The van der Waals surface area contributed by atoms with E-state index >= 15 is 0 Å². The van der Waals surface area contributed by atoms with Gasteiger partial charge in [0.25, 0.3) is 5.91 Å². The number of benzene rings is 1. The number of carbonyl (C=O) groups excluding carboxylic acids is 1. The highest BCUT2D eigenvalue weighted by atomic mass is 79.9. The zero-order valence-electron chi connectivity index (χ0n) is 13.9. The molecule has 0 aliphatic heterocycles. The fraction of sp³-hybridized carbons (Fsp3) is 0.118. The molecule has 3 rings (SSSR count). The van der Waals surface area contributed by atoms with Crippen LogP contribution in [0.2, 0.25) is 0 Å². The lowest BCUT2D eigenvalue weighted by Gasteiger charge is -2.06. The maximum atomic E-state index is 12.2. The molecule has 134 valence electrons. The highest BCUT2D eigenvalue weighted by Gasteiger charge is 2.12. The lowest BCUT2D eigenvalue weighted by Crippen LogP contribution is -2.19. The molecule has 2 aromatic heterocycles. The van der Waals surface area contributed by atoms with E-state index in [4.69, 9.17) is 4.74 Å². The Balaban J connectivity index is 1.72. The molecule has 1 aromatic carbocycles. The largest absolute Gasteiger partial charge is 0.504 e. The molecule has 3 N–H and O–H groups in total. The van der Waals surface area contributed by atoms with Gasteiger partial charge in [0.1, 0.15) is 0 Å². The summed E-state index contributed by atoms with van der Waals surface area (Å²) in [5.74, 6) is -0.0482. The SMILES string of the molecule is COc1cc(/C(C)=N/NC(=O)c2cc(-c3ccc(Br)s3)[nH]n2)ccc1O. The van der Waals surface area contributed by atoms with Gasteiger partial charge in [-0.1, -0.05) is 0 Å². The summed E-state index contributed by atoms with van der Waals surface area (Å²) >= 11 is 4.95. The van der Waals surface area contributed by atoms with Gasteiger partial charge in [-0.25, -0.2) is 5.43 Å². The van der Waals surface area contributed by atoms with Crippen LogP contribution >= 0.6 is 27.3 Å². The van der Waals surface area contributed by atoms with Crippen molar-refractivity contribution in [2.24, 2.45) is 5.10 Å². The number of carbonyl (C=O) groups is 1. The number of rotatable bonds is 5. The number of thiophene rings is 1. The van der Waals surface area contributed by atoms with E-state index in [0.29, 0.717) is 17.0 Å². The molecular weight excluding hydrogens is 420 g/mol. The fourth-order valence-electron chi connectivity index (χ4n) is 2.18. The van der Waals surface area contributed by atoms with Gasteiger partial charge in [-0.05, 0) is 59.3 Å². The van der Waals surface area contributed by atoms with Crippen LogP contribution in [0.1, 0.15) is 23.0 Å².